The van der Waals surface area contributed by atoms with Crippen molar-refractivity contribution in [2.75, 3.05) is 21.3 Å². The van der Waals surface area contributed by atoms with E-state index in [1.165, 1.54) is 21.0 Å². The quantitative estimate of drug-likeness (QED) is 0.110. The number of ether oxygens (including phenoxy) is 6. The maximum absolute atomic E-state index is 12.4. The number of fused-ring (bicyclic) bond motifs is 8. The van der Waals surface area contributed by atoms with Gasteiger partial charge in [-0.25, -0.2) is 0 Å². The Balaban J connectivity index is 1.57. The van der Waals surface area contributed by atoms with Gasteiger partial charge in [-0.3, -0.25) is 9.59 Å². The van der Waals surface area contributed by atoms with Crippen molar-refractivity contribution in [1.82, 2.24) is 4.57 Å². The molecule has 8 rings (SSSR count). The fourth-order valence-corrected chi connectivity index (χ4v) is 7.02. The van der Waals surface area contributed by atoms with Gasteiger partial charge in [0.2, 0.25) is 5.75 Å². The van der Waals surface area contributed by atoms with E-state index in [0.717, 1.165) is 73.4 Å². The van der Waals surface area contributed by atoms with Crippen LogP contribution < -0.4 is 28.4 Å². The number of rotatable bonds is 5. The van der Waals surface area contributed by atoms with Gasteiger partial charge in [-0.2, -0.15) is 0 Å². The molecule has 2 aliphatic rings. The van der Waals surface area contributed by atoms with Crippen LogP contribution in [0.3, 0.4) is 0 Å². The summed E-state index contributed by atoms with van der Waals surface area (Å²) in [5, 5.41) is 4.51. The highest BCUT2D eigenvalue weighted by Gasteiger charge is 2.36. The van der Waals surface area contributed by atoms with Crippen molar-refractivity contribution >= 4 is 44.4 Å². The van der Waals surface area contributed by atoms with Crippen molar-refractivity contribution in [2.45, 2.75) is 26.8 Å². The van der Waals surface area contributed by atoms with E-state index in [2.05, 4.69) is 28.8 Å². The lowest BCUT2D eigenvalue weighted by atomic mass is 9.91. The molecule has 0 spiro atoms. The topological polar surface area (TPSA) is 94.5 Å². The number of hydrogen-bond acceptors (Lipinski definition) is 8. The number of hydrogen-bond donors (Lipinski definition) is 0. The van der Waals surface area contributed by atoms with Crippen LogP contribution in [-0.2, 0) is 22.6 Å². The molecular weight excluding hydrogens is 586 g/mol. The molecule has 0 unspecified atom stereocenters. The zero-order valence-electron chi connectivity index (χ0n) is 25.9. The summed E-state index contributed by atoms with van der Waals surface area (Å²) in [4.78, 5) is 24.6. The molecule has 0 N–H and O–H groups in total. The highest BCUT2D eigenvalue weighted by Crippen LogP contribution is 2.59. The van der Waals surface area contributed by atoms with Crippen LogP contribution >= 0.6 is 0 Å². The second kappa shape index (κ2) is 10.2. The lowest BCUT2D eigenvalue weighted by Crippen LogP contribution is -2.11. The molecule has 2 aliphatic heterocycles. The molecule has 0 bridgehead atoms. The molecule has 230 valence electrons. The van der Waals surface area contributed by atoms with Crippen LogP contribution in [0.15, 0.2) is 60.7 Å². The second-order valence-electron chi connectivity index (χ2n) is 11.4. The predicted octanol–water partition coefficient (Wildman–Crippen LogP) is 7.82. The van der Waals surface area contributed by atoms with Gasteiger partial charge < -0.3 is 33.0 Å². The molecule has 0 radical (unpaired) electrons. The number of aryl methyl sites for hydroxylation is 2. The van der Waals surface area contributed by atoms with Crippen molar-refractivity contribution in [2.24, 2.45) is 0 Å². The summed E-state index contributed by atoms with van der Waals surface area (Å²) < 4.78 is 37.7. The van der Waals surface area contributed by atoms with E-state index in [1.807, 2.05) is 24.3 Å². The zero-order chi connectivity index (χ0) is 31.9. The first kappa shape index (κ1) is 27.8. The summed E-state index contributed by atoms with van der Waals surface area (Å²) in [7, 11) is 4.69. The summed E-state index contributed by atoms with van der Waals surface area (Å²) in [6.45, 7) is 3.48. The maximum atomic E-state index is 12.4. The van der Waals surface area contributed by atoms with Crippen molar-refractivity contribution in [3.63, 3.8) is 0 Å². The average molecular weight is 616 g/mol. The normalized spacial score (nSPS) is 12.6. The standard InChI is InChI=1S/C37H29NO8/c1-18(39)44-35-27(41-3)11-8-20-6-7-22-16-26-25(17-24(22)30(20)35)32-23-10-13-29(43-5)37(45-19(2)40)34(23)46-36-28(42-4)12-9-21-14-15-38(26)33(32)31(21)36/h6-13,16-17H,14-15H2,1-5H3. The Bertz CT molecular complexity index is 2320. The van der Waals surface area contributed by atoms with Crippen molar-refractivity contribution in [3.05, 3.63) is 66.2 Å². The number of carbonyl (C=O) groups is 2. The van der Waals surface area contributed by atoms with Crippen molar-refractivity contribution in [3.8, 4) is 62.6 Å². The smallest absolute Gasteiger partial charge is 0.308 e. The fourth-order valence-electron chi connectivity index (χ4n) is 7.02. The summed E-state index contributed by atoms with van der Waals surface area (Å²) >= 11 is 0. The molecule has 6 aromatic rings. The molecule has 5 aromatic carbocycles. The van der Waals surface area contributed by atoms with Gasteiger partial charge in [0.25, 0.3) is 0 Å². The molecule has 0 atom stereocenters. The largest absolute Gasteiger partial charge is 0.493 e. The van der Waals surface area contributed by atoms with Gasteiger partial charge in [0.05, 0.1) is 27.0 Å². The van der Waals surface area contributed by atoms with Crippen molar-refractivity contribution < 1.29 is 38.0 Å². The number of aromatic nitrogens is 1. The molecule has 0 amide bonds. The molecule has 0 saturated carbocycles. The van der Waals surface area contributed by atoms with Crippen LogP contribution in [0.5, 0.6) is 40.2 Å². The molecule has 9 nitrogen and oxygen atoms in total. The molecule has 9 heteroatoms. The Morgan fingerprint density at radius 2 is 1.35 bits per heavy atom. The number of benzene rings is 5. The highest BCUT2D eigenvalue weighted by molar-refractivity contribution is 6.19. The molecule has 0 saturated heterocycles. The lowest BCUT2D eigenvalue weighted by molar-refractivity contribution is -0.132. The number of methoxy groups -OCH3 is 3. The van der Waals surface area contributed by atoms with Gasteiger partial charge in [-0.15, -0.1) is 0 Å². The Morgan fingerprint density at radius 3 is 2.09 bits per heavy atom. The van der Waals surface area contributed by atoms with Crippen LogP contribution in [0.25, 0.3) is 54.8 Å². The van der Waals surface area contributed by atoms with Crippen LogP contribution in [0, 0.1) is 0 Å². The summed E-state index contributed by atoms with van der Waals surface area (Å²) in [6.07, 6.45) is 0.784. The molecular formula is C37H29NO8. The number of esters is 2. The van der Waals surface area contributed by atoms with Crippen molar-refractivity contribution in [1.29, 1.82) is 0 Å². The third-order valence-corrected chi connectivity index (χ3v) is 8.85. The minimum atomic E-state index is -0.503. The van der Waals surface area contributed by atoms with Crippen LogP contribution in [0.4, 0.5) is 0 Å². The van der Waals surface area contributed by atoms with E-state index in [4.69, 9.17) is 28.4 Å². The van der Waals surface area contributed by atoms with Gasteiger partial charge in [-0.05, 0) is 64.5 Å². The summed E-state index contributed by atoms with van der Waals surface area (Å²) in [5.41, 5.74) is 5.73. The first-order valence-corrected chi connectivity index (χ1v) is 14.9. The van der Waals surface area contributed by atoms with E-state index in [9.17, 15) is 9.59 Å². The minimum absolute atomic E-state index is 0.187. The minimum Gasteiger partial charge on any atom is -0.493 e. The van der Waals surface area contributed by atoms with E-state index in [1.54, 1.807) is 26.4 Å². The predicted molar refractivity (Wildman–Crippen MR) is 174 cm³/mol. The van der Waals surface area contributed by atoms with Gasteiger partial charge in [-0.1, -0.05) is 24.3 Å². The molecule has 3 heterocycles. The average Bonchev–Trinajstić information content (AvgIpc) is 3.27. The molecule has 0 aliphatic carbocycles. The lowest BCUT2D eigenvalue weighted by Gasteiger charge is -2.23. The highest BCUT2D eigenvalue weighted by atomic mass is 16.6. The first-order chi connectivity index (χ1) is 22.3. The third kappa shape index (κ3) is 3.87. The zero-order valence-corrected chi connectivity index (χ0v) is 25.9. The molecule has 1 aromatic heterocycles. The Labute approximate surface area is 263 Å². The van der Waals surface area contributed by atoms with Gasteiger partial charge >= 0.3 is 11.9 Å². The van der Waals surface area contributed by atoms with Gasteiger partial charge in [0.15, 0.2) is 34.5 Å². The van der Waals surface area contributed by atoms with E-state index in [0.29, 0.717) is 34.5 Å². The van der Waals surface area contributed by atoms with E-state index < -0.39 is 11.9 Å². The molecule has 0 fully saturated rings. The third-order valence-electron chi connectivity index (χ3n) is 8.85. The Hall–Kier alpha value is -5.70. The summed E-state index contributed by atoms with van der Waals surface area (Å²) in [6, 6.07) is 19.9. The number of nitrogens with zero attached hydrogens (tertiary/aromatic N) is 1. The maximum Gasteiger partial charge on any atom is 0.308 e. The van der Waals surface area contributed by atoms with Gasteiger partial charge in [0.1, 0.15) is 0 Å². The Morgan fingerprint density at radius 1 is 0.696 bits per heavy atom. The first-order valence-electron chi connectivity index (χ1n) is 14.9. The SMILES string of the molecule is COc1ccc2c(c1OC(C)=O)Oc1c(OC)ccc3c1-c1c-2c2cc4c(ccc5ccc(OC)c(OC(C)=O)c54)cc2n1CC3. The van der Waals surface area contributed by atoms with E-state index in [-0.39, 0.29) is 5.75 Å². The second-order valence-corrected chi connectivity index (χ2v) is 11.4. The van der Waals surface area contributed by atoms with Gasteiger partial charge in [0, 0.05) is 53.4 Å². The van der Waals surface area contributed by atoms with E-state index >= 15 is 0 Å². The van der Waals surface area contributed by atoms with Crippen LogP contribution in [0.1, 0.15) is 19.4 Å². The van der Waals surface area contributed by atoms with Crippen LogP contribution in [-0.4, -0.2) is 37.8 Å². The summed E-state index contributed by atoms with van der Waals surface area (Å²) in [5.74, 6) is 1.90. The fraction of sp³-hybridized carbons (Fsp3) is 0.189. The molecule has 46 heavy (non-hydrogen) atoms. The Kier molecular flexibility index (Phi) is 6.15. The number of carbonyl (C=O) groups excluding carboxylic acids is 2. The van der Waals surface area contributed by atoms with Crippen LogP contribution in [0.2, 0.25) is 0 Å². The monoisotopic (exact) mass is 615 g/mol.